The first-order chi connectivity index (χ1) is 12.8. The molecule has 0 aliphatic rings. The van der Waals surface area contributed by atoms with Crippen molar-refractivity contribution in [1.82, 2.24) is 14.5 Å². The van der Waals surface area contributed by atoms with Crippen LogP contribution in [0.4, 0.5) is 5.69 Å². The molecule has 4 aromatic rings. The molecule has 0 bridgehead atoms. The molecule has 27 heavy (non-hydrogen) atoms. The van der Waals surface area contributed by atoms with E-state index < -0.39 is 10.0 Å². The lowest BCUT2D eigenvalue weighted by molar-refractivity contribution is 0.390. The molecule has 0 spiro atoms. The van der Waals surface area contributed by atoms with Crippen molar-refractivity contribution in [2.24, 2.45) is 0 Å². The molecular formula is C19H18N4O3S. The Morgan fingerprint density at radius 3 is 2.67 bits per heavy atom. The molecule has 0 amide bonds. The fourth-order valence-electron chi connectivity index (χ4n) is 3.03. The molecule has 138 valence electrons. The molecule has 0 unspecified atom stereocenters. The molecule has 0 fully saturated rings. The number of hydrogen-bond donors (Lipinski definition) is 1. The van der Waals surface area contributed by atoms with E-state index in [1.54, 1.807) is 32.0 Å². The number of nitrogens with zero attached hydrogens (tertiary/aromatic N) is 3. The fraction of sp³-hybridized carbons (Fsp3) is 0.158. The highest BCUT2D eigenvalue weighted by atomic mass is 32.2. The molecular weight excluding hydrogens is 364 g/mol. The first-order valence-electron chi connectivity index (χ1n) is 8.35. The van der Waals surface area contributed by atoms with Crippen LogP contribution < -0.4 is 4.72 Å². The van der Waals surface area contributed by atoms with Crippen LogP contribution in [0.15, 0.2) is 58.2 Å². The van der Waals surface area contributed by atoms with Crippen LogP contribution in [0.2, 0.25) is 0 Å². The Bertz CT molecular complexity index is 1240. The lowest BCUT2D eigenvalue weighted by atomic mass is 10.1. The van der Waals surface area contributed by atoms with Crippen molar-refractivity contribution in [3.8, 4) is 11.3 Å². The van der Waals surface area contributed by atoms with Gasteiger partial charge in [-0.05, 0) is 50.6 Å². The first kappa shape index (κ1) is 17.3. The van der Waals surface area contributed by atoms with Crippen LogP contribution in [0.3, 0.4) is 0 Å². The first-order valence-corrected chi connectivity index (χ1v) is 9.83. The van der Waals surface area contributed by atoms with Crippen molar-refractivity contribution in [3.05, 3.63) is 65.8 Å². The van der Waals surface area contributed by atoms with Gasteiger partial charge in [0.2, 0.25) is 0 Å². The number of anilines is 1. The highest BCUT2D eigenvalue weighted by molar-refractivity contribution is 7.92. The highest BCUT2D eigenvalue weighted by Crippen LogP contribution is 2.26. The second-order valence-electron chi connectivity index (χ2n) is 6.44. The van der Waals surface area contributed by atoms with Gasteiger partial charge < -0.3 is 8.92 Å². The fourth-order valence-corrected chi connectivity index (χ4v) is 4.41. The van der Waals surface area contributed by atoms with Gasteiger partial charge in [-0.3, -0.25) is 4.72 Å². The van der Waals surface area contributed by atoms with Crippen molar-refractivity contribution < 1.29 is 12.9 Å². The van der Waals surface area contributed by atoms with Gasteiger partial charge in [-0.1, -0.05) is 17.3 Å². The number of imidazole rings is 1. The van der Waals surface area contributed by atoms with Gasteiger partial charge in [-0.15, -0.1) is 0 Å². The summed E-state index contributed by atoms with van der Waals surface area (Å²) in [5, 5.41) is 3.71. The van der Waals surface area contributed by atoms with Crippen LogP contribution in [0.25, 0.3) is 16.9 Å². The van der Waals surface area contributed by atoms with Crippen LogP contribution in [0.5, 0.6) is 0 Å². The minimum absolute atomic E-state index is 0.0658. The summed E-state index contributed by atoms with van der Waals surface area (Å²) >= 11 is 0. The van der Waals surface area contributed by atoms with E-state index in [9.17, 15) is 8.42 Å². The van der Waals surface area contributed by atoms with Gasteiger partial charge in [0.1, 0.15) is 11.3 Å². The maximum Gasteiger partial charge on any atom is 0.267 e. The molecule has 7 nitrogen and oxygen atoms in total. The second kappa shape index (κ2) is 6.24. The number of nitrogens with one attached hydrogen (secondary N) is 1. The van der Waals surface area contributed by atoms with Crippen LogP contribution in [-0.2, 0) is 10.0 Å². The van der Waals surface area contributed by atoms with Gasteiger partial charge in [-0.2, -0.15) is 0 Å². The van der Waals surface area contributed by atoms with Crippen molar-refractivity contribution >= 4 is 21.4 Å². The predicted molar refractivity (Wildman–Crippen MR) is 102 cm³/mol. The third-order valence-corrected chi connectivity index (χ3v) is 5.89. The minimum atomic E-state index is -3.79. The van der Waals surface area contributed by atoms with Crippen molar-refractivity contribution in [2.75, 3.05) is 4.72 Å². The summed E-state index contributed by atoms with van der Waals surface area (Å²) in [6.45, 7) is 5.18. The van der Waals surface area contributed by atoms with E-state index in [4.69, 9.17) is 4.52 Å². The molecule has 0 atom stereocenters. The smallest absolute Gasteiger partial charge is 0.267 e. The number of rotatable bonds is 4. The van der Waals surface area contributed by atoms with Gasteiger partial charge in [-0.25, -0.2) is 13.4 Å². The van der Waals surface area contributed by atoms with Crippen LogP contribution in [-0.4, -0.2) is 23.0 Å². The molecule has 0 saturated heterocycles. The van der Waals surface area contributed by atoms with Crippen molar-refractivity contribution in [2.45, 2.75) is 25.7 Å². The Morgan fingerprint density at radius 2 is 1.93 bits per heavy atom. The summed E-state index contributed by atoms with van der Waals surface area (Å²) in [4.78, 5) is 4.69. The second-order valence-corrected chi connectivity index (χ2v) is 8.05. The molecule has 3 heterocycles. The average molecular weight is 382 g/mol. The summed E-state index contributed by atoms with van der Waals surface area (Å²) in [5.41, 5.74) is 4.31. The molecule has 1 N–H and O–H groups in total. The number of pyridine rings is 1. The van der Waals surface area contributed by atoms with E-state index in [2.05, 4.69) is 14.9 Å². The van der Waals surface area contributed by atoms with Gasteiger partial charge in [0, 0.05) is 23.6 Å². The summed E-state index contributed by atoms with van der Waals surface area (Å²) in [6.07, 6.45) is 3.86. The predicted octanol–water partition coefficient (Wildman–Crippen LogP) is 3.72. The molecule has 0 radical (unpaired) electrons. The maximum absolute atomic E-state index is 12.7. The summed E-state index contributed by atoms with van der Waals surface area (Å²) in [6, 6.07) is 11.1. The van der Waals surface area contributed by atoms with Crippen LogP contribution in [0, 0.1) is 20.8 Å². The summed E-state index contributed by atoms with van der Waals surface area (Å²) in [7, 11) is -3.79. The number of aromatic nitrogens is 3. The number of fused-ring (bicyclic) bond motifs is 1. The van der Waals surface area contributed by atoms with Crippen LogP contribution >= 0.6 is 0 Å². The Kier molecular flexibility index (Phi) is 4.00. The lowest BCUT2D eigenvalue weighted by Crippen LogP contribution is -2.14. The molecule has 0 aliphatic carbocycles. The Labute approximate surface area is 156 Å². The average Bonchev–Trinajstić information content (AvgIpc) is 3.17. The molecule has 8 heteroatoms. The largest absolute Gasteiger partial charge is 0.360 e. The molecule has 0 saturated carbocycles. The standard InChI is InChI=1S/C19H18N4O3S/c1-12-7-8-23-11-17(20-18(23)9-12)15-5-4-6-16(10-15)22-27(24,25)19-13(2)21-26-14(19)3/h4-11,22H,1-3H3. The Hall–Kier alpha value is -3.13. The molecule has 4 rings (SSSR count). The zero-order valence-corrected chi connectivity index (χ0v) is 15.9. The van der Waals surface area contributed by atoms with Gasteiger partial charge in [0.25, 0.3) is 10.0 Å². The third-order valence-electron chi connectivity index (χ3n) is 4.26. The van der Waals surface area contributed by atoms with Gasteiger partial charge in [0.15, 0.2) is 10.7 Å². The van der Waals surface area contributed by atoms with Crippen molar-refractivity contribution in [3.63, 3.8) is 0 Å². The van der Waals surface area contributed by atoms with Gasteiger partial charge in [0.05, 0.1) is 5.69 Å². The van der Waals surface area contributed by atoms with E-state index in [0.717, 1.165) is 22.5 Å². The molecule has 3 aromatic heterocycles. The number of aryl methyl sites for hydroxylation is 3. The quantitative estimate of drug-likeness (QED) is 0.581. The monoisotopic (exact) mass is 382 g/mol. The Balaban J connectivity index is 1.70. The third kappa shape index (κ3) is 3.19. The van der Waals surface area contributed by atoms with E-state index in [-0.39, 0.29) is 10.7 Å². The minimum Gasteiger partial charge on any atom is -0.360 e. The van der Waals surface area contributed by atoms with E-state index >= 15 is 0 Å². The number of sulfonamides is 1. The maximum atomic E-state index is 12.7. The van der Waals surface area contributed by atoms with E-state index in [1.165, 1.54) is 0 Å². The lowest BCUT2D eigenvalue weighted by Gasteiger charge is -2.08. The number of hydrogen-bond acceptors (Lipinski definition) is 5. The zero-order valence-electron chi connectivity index (χ0n) is 15.1. The highest BCUT2D eigenvalue weighted by Gasteiger charge is 2.24. The summed E-state index contributed by atoms with van der Waals surface area (Å²) < 4.78 is 34.9. The summed E-state index contributed by atoms with van der Waals surface area (Å²) in [5.74, 6) is 0.256. The van der Waals surface area contributed by atoms with Crippen molar-refractivity contribution in [1.29, 1.82) is 0 Å². The normalized spacial score (nSPS) is 11.8. The zero-order chi connectivity index (χ0) is 19.2. The molecule has 1 aromatic carbocycles. The van der Waals surface area contributed by atoms with Crippen LogP contribution in [0.1, 0.15) is 17.0 Å². The molecule has 0 aliphatic heterocycles. The van der Waals surface area contributed by atoms with E-state index in [1.807, 2.05) is 41.9 Å². The van der Waals surface area contributed by atoms with E-state index in [0.29, 0.717) is 11.4 Å². The number of benzene rings is 1. The SMILES string of the molecule is Cc1ccn2cc(-c3cccc(NS(=O)(=O)c4c(C)noc4C)c3)nc2c1. The van der Waals surface area contributed by atoms with Gasteiger partial charge >= 0.3 is 0 Å². The topological polar surface area (TPSA) is 89.5 Å². The Morgan fingerprint density at radius 1 is 1.11 bits per heavy atom.